The van der Waals surface area contributed by atoms with Crippen LogP contribution in [0.3, 0.4) is 0 Å². The summed E-state index contributed by atoms with van der Waals surface area (Å²) in [6, 6.07) is 0. The van der Waals surface area contributed by atoms with E-state index in [1.54, 1.807) is 6.08 Å². The van der Waals surface area contributed by atoms with Crippen LogP contribution in [0, 0.1) is 5.92 Å². The highest BCUT2D eigenvalue weighted by Crippen LogP contribution is 2.11. The quantitative estimate of drug-likeness (QED) is 0.353. The molecular weight excluding hydrogens is 286 g/mol. The smallest absolute Gasteiger partial charge is 0.310 e. The molecule has 1 amide bonds. The van der Waals surface area contributed by atoms with Crippen LogP contribution in [0.2, 0.25) is 0 Å². The number of aliphatic hydroxyl groups excluding tert-OH is 2. The number of allylic oxidation sites excluding steroid dienone is 1. The van der Waals surface area contributed by atoms with Crippen LogP contribution in [-0.4, -0.2) is 58.4 Å². The zero-order chi connectivity index (χ0) is 16.8. The molecule has 0 rings (SSSR count). The van der Waals surface area contributed by atoms with Crippen molar-refractivity contribution in [2.45, 2.75) is 45.4 Å². The summed E-state index contributed by atoms with van der Waals surface area (Å²) in [7, 11) is 0. The minimum Gasteiger partial charge on any atom is -0.481 e. The number of carbonyl (C=O) groups excluding carboxylic acids is 1. The molecule has 22 heavy (non-hydrogen) atoms. The van der Waals surface area contributed by atoms with Crippen LogP contribution in [0.15, 0.2) is 12.2 Å². The molecule has 0 fully saturated rings. The molecule has 1 unspecified atom stereocenters. The number of hydrogen-bond acceptors (Lipinski definition) is 4. The molecule has 6 nitrogen and oxygen atoms in total. The number of unbranched alkanes of at least 4 members (excludes halogenated alkanes) is 4. The molecule has 0 aliphatic carbocycles. The van der Waals surface area contributed by atoms with E-state index >= 15 is 0 Å². The molecule has 0 aromatic carbocycles. The summed E-state index contributed by atoms with van der Waals surface area (Å²) < 4.78 is 0. The van der Waals surface area contributed by atoms with Gasteiger partial charge in [-0.05, 0) is 12.8 Å². The van der Waals surface area contributed by atoms with Gasteiger partial charge in [-0.1, -0.05) is 38.3 Å². The van der Waals surface area contributed by atoms with E-state index in [1.165, 1.54) is 11.3 Å². The lowest BCUT2D eigenvalue weighted by molar-refractivity contribution is -0.144. The first-order valence-corrected chi connectivity index (χ1v) is 7.95. The van der Waals surface area contributed by atoms with Crippen molar-refractivity contribution in [2.75, 3.05) is 26.3 Å². The van der Waals surface area contributed by atoms with Gasteiger partial charge in [0, 0.05) is 19.5 Å². The number of aliphatic hydroxyl groups is 2. The number of rotatable bonds is 13. The average Bonchev–Trinajstić information content (AvgIpc) is 2.48. The molecule has 0 aromatic heterocycles. The Morgan fingerprint density at radius 2 is 1.73 bits per heavy atom. The highest BCUT2D eigenvalue weighted by atomic mass is 16.4. The minimum absolute atomic E-state index is 0.104. The standard InChI is InChI=1S/C16H29NO5/c1-2-3-4-5-6-7-8-14(16(21)22)13-15(20)17(9-11-18)10-12-19/h7-8,14,18-19H,2-6,9-13H2,1H3,(H,21,22). The number of aliphatic carboxylic acids is 1. The summed E-state index contributed by atoms with van der Waals surface area (Å²) in [6.45, 7) is 1.92. The molecule has 0 spiro atoms. The molecule has 0 saturated carbocycles. The number of amides is 1. The lowest BCUT2D eigenvalue weighted by atomic mass is 10.0. The van der Waals surface area contributed by atoms with Gasteiger partial charge in [-0.3, -0.25) is 9.59 Å². The van der Waals surface area contributed by atoms with Crippen molar-refractivity contribution in [1.82, 2.24) is 4.90 Å². The summed E-state index contributed by atoms with van der Waals surface area (Å²) in [6.07, 6.45) is 8.53. The Hall–Kier alpha value is -1.40. The minimum atomic E-state index is -1.04. The van der Waals surface area contributed by atoms with E-state index in [-0.39, 0.29) is 38.6 Å². The van der Waals surface area contributed by atoms with Gasteiger partial charge in [-0.15, -0.1) is 0 Å². The van der Waals surface area contributed by atoms with E-state index in [2.05, 4.69) is 6.92 Å². The third-order valence-electron chi connectivity index (χ3n) is 3.40. The third kappa shape index (κ3) is 9.52. The van der Waals surface area contributed by atoms with Gasteiger partial charge in [0.25, 0.3) is 0 Å². The monoisotopic (exact) mass is 315 g/mol. The molecule has 0 heterocycles. The van der Waals surface area contributed by atoms with Gasteiger partial charge < -0.3 is 20.2 Å². The molecular formula is C16H29NO5. The summed E-state index contributed by atoms with van der Waals surface area (Å²) in [5.74, 6) is -2.27. The Morgan fingerprint density at radius 3 is 2.23 bits per heavy atom. The van der Waals surface area contributed by atoms with E-state index in [4.69, 9.17) is 10.2 Å². The topological polar surface area (TPSA) is 98.1 Å². The van der Waals surface area contributed by atoms with Crippen molar-refractivity contribution in [2.24, 2.45) is 5.92 Å². The van der Waals surface area contributed by atoms with Crippen LogP contribution in [0.5, 0.6) is 0 Å². The second-order valence-electron chi connectivity index (χ2n) is 5.25. The van der Waals surface area contributed by atoms with Crippen LogP contribution in [0.25, 0.3) is 0 Å². The Labute approximate surface area is 132 Å². The van der Waals surface area contributed by atoms with Crippen LogP contribution < -0.4 is 0 Å². The van der Waals surface area contributed by atoms with Gasteiger partial charge in [-0.2, -0.15) is 0 Å². The van der Waals surface area contributed by atoms with Crippen molar-refractivity contribution >= 4 is 11.9 Å². The predicted molar refractivity (Wildman–Crippen MR) is 84.4 cm³/mol. The number of nitrogens with zero attached hydrogens (tertiary/aromatic N) is 1. The van der Waals surface area contributed by atoms with E-state index in [0.29, 0.717) is 0 Å². The molecule has 0 saturated heterocycles. The molecule has 128 valence electrons. The lowest BCUT2D eigenvalue weighted by Gasteiger charge is -2.21. The van der Waals surface area contributed by atoms with Crippen molar-refractivity contribution in [3.8, 4) is 0 Å². The molecule has 0 radical (unpaired) electrons. The second kappa shape index (κ2) is 13.3. The third-order valence-corrected chi connectivity index (χ3v) is 3.40. The summed E-state index contributed by atoms with van der Waals surface area (Å²) in [5.41, 5.74) is 0. The summed E-state index contributed by atoms with van der Waals surface area (Å²) >= 11 is 0. The molecule has 3 N–H and O–H groups in total. The van der Waals surface area contributed by atoms with Crippen LogP contribution in [-0.2, 0) is 9.59 Å². The molecule has 0 aliphatic rings. The van der Waals surface area contributed by atoms with Gasteiger partial charge >= 0.3 is 5.97 Å². The largest absolute Gasteiger partial charge is 0.481 e. The fourth-order valence-corrected chi connectivity index (χ4v) is 2.11. The molecule has 0 bridgehead atoms. The Balaban J connectivity index is 4.40. The van der Waals surface area contributed by atoms with Crippen LogP contribution in [0.4, 0.5) is 0 Å². The van der Waals surface area contributed by atoms with Gasteiger partial charge in [-0.25, -0.2) is 0 Å². The van der Waals surface area contributed by atoms with Gasteiger partial charge in [0.1, 0.15) is 0 Å². The van der Waals surface area contributed by atoms with Crippen LogP contribution >= 0.6 is 0 Å². The fraction of sp³-hybridized carbons (Fsp3) is 0.750. The van der Waals surface area contributed by atoms with Crippen molar-refractivity contribution in [3.63, 3.8) is 0 Å². The van der Waals surface area contributed by atoms with Gasteiger partial charge in [0.05, 0.1) is 19.1 Å². The van der Waals surface area contributed by atoms with Crippen molar-refractivity contribution in [1.29, 1.82) is 0 Å². The number of carbonyl (C=O) groups is 2. The predicted octanol–water partition coefficient (Wildman–Crippen LogP) is 1.42. The van der Waals surface area contributed by atoms with E-state index in [0.717, 1.165) is 25.7 Å². The second-order valence-corrected chi connectivity index (χ2v) is 5.25. The fourth-order valence-electron chi connectivity index (χ4n) is 2.11. The first-order chi connectivity index (χ1) is 10.6. The lowest BCUT2D eigenvalue weighted by Crippen LogP contribution is -2.37. The highest BCUT2D eigenvalue weighted by molar-refractivity contribution is 5.83. The first kappa shape index (κ1) is 20.6. The number of carboxylic acids is 1. The number of hydrogen-bond donors (Lipinski definition) is 3. The summed E-state index contributed by atoms with van der Waals surface area (Å²) in [5, 5.41) is 27.0. The highest BCUT2D eigenvalue weighted by Gasteiger charge is 2.21. The maximum Gasteiger partial charge on any atom is 0.310 e. The summed E-state index contributed by atoms with van der Waals surface area (Å²) in [4.78, 5) is 24.5. The maximum absolute atomic E-state index is 12.0. The van der Waals surface area contributed by atoms with E-state index in [9.17, 15) is 14.7 Å². The normalized spacial score (nSPS) is 12.5. The van der Waals surface area contributed by atoms with E-state index in [1.807, 2.05) is 6.08 Å². The molecule has 0 aromatic rings. The first-order valence-electron chi connectivity index (χ1n) is 7.95. The maximum atomic E-state index is 12.0. The Morgan fingerprint density at radius 1 is 1.09 bits per heavy atom. The average molecular weight is 315 g/mol. The molecule has 6 heteroatoms. The molecule has 0 aliphatic heterocycles. The SMILES string of the molecule is CCCCCCC=CC(CC(=O)N(CCO)CCO)C(=O)O. The van der Waals surface area contributed by atoms with Crippen molar-refractivity contribution < 1.29 is 24.9 Å². The Bertz CT molecular complexity index is 337. The van der Waals surface area contributed by atoms with Crippen molar-refractivity contribution in [3.05, 3.63) is 12.2 Å². The van der Waals surface area contributed by atoms with Gasteiger partial charge in [0.15, 0.2) is 0 Å². The van der Waals surface area contributed by atoms with Crippen LogP contribution in [0.1, 0.15) is 45.4 Å². The molecule has 1 atom stereocenters. The zero-order valence-corrected chi connectivity index (χ0v) is 13.4. The van der Waals surface area contributed by atoms with Gasteiger partial charge in [0.2, 0.25) is 5.91 Å². The van der Waals surface area contributed by atoms with E-state index < -0.39 is 11.9 Å². The zero-order valence-electron chi connectivity index (χ0n) is 13.4. The Kier molecular flexibility index (Phi) is 12.4. The number of carboxylic acid groups (broad SMARTS) is 1.